The van der Waals surface area contributed by atoms with Crippen LogP contribution in [0.5, 0.6) is 0 Å². The van der Waals surface area contributed by atoms with E-state index in [9.17, 15) is 9.59 Å². The molecule has 0 aliphatic carbocycles. The lowest BCUT2D eigenvalue weighted by Gasteiger charge is -2.25. The zero-order valence-electron chi connectivity index (χ0n) is 14.6. The third-order valence-electron chi connectivity index (χ3n) is 2.85. The van der Waals surface area contributed by atoms with Crippen molar-refractivity contribution in [2.45, 2.75) is 52.7 Å². The molecule has 0 spiro atoms. The lowest BCUT2D eigenvalue weighted by molar-refractivity contribution is -0.156. The number of hydrogen-bond donors (Lipinski definition) is 3. The number of nitrogens with one attached hydrogen (secondary N) is 2. The van der Waals surface area contributed by atoms with Gasteiger partial charge in [0.05, 0.1) is 0 Å². The highest BCUT2D eigenvalue weighted by Crippen LogP contribution is 2.09. The molecule has 0 aromatic rings. The molecule has 0 aromatic heterocycles. The second kappa shape index (κ2) is 10.5. The molecule has 1 amide bonds. The van der Waals surface area contributed by atoms with Crippen LogP contribution in [0.4, 0.5) is 0 Å². The Labute approximate surface area is 133 Å². The van der Waals surface area contributed by atoms with E-state index in [0.717, 1.165) is 6.54 Å². The summed E-state index contributed by atoms with van der Waals surface area (Å²) in [7, 11) is 0. The molecule has 7 nitrogen and oxygen atoms in total. The number of amides is 1. The van der Waals surface area contributed by atoms with Crippen molar-refractivity contribution in [1.82, 2.24) is 15.5 Å². The van der Waals surface area contributed by atoms with Gasteiger partial charge in [0.1, 0.15) is 11.6 Å². The van der Waals surface area contributed by atoms with E-state index in [2.05, 4.69) is 15.5 Å². The van der Waals surface area contributed by atoms with Crippen LogP contribution in [0.3, 0.4) is 0 Å². The Hall–Kier alpha value is -1.18. The van der Waals surface area contributed by atoms with Gasteiger partial charge in [-0.25, -0.2) is 0 Å². The first-order valence-electron chi connectivity index (χ1n) is 7.81. The first-order valence-corrected chi connectivity index (χ1v) is 7.81. The van der Waals surface area contributed by atoms with Crippen molar-refractivity contribution >= 4 is 11.9 Å². The number of nitrogens with two attached hydrogens (primary N) is 1. The predicted molar refractivity (Wildman–Crippen MR) is 87.2 cm³/mol. The standard InChI is InChI=1S/C15H32N4O3/c1-6-17-11-19(10-8-18-12(2)20)9-7-13(16)14(21)22-15(3,4)5/h13,17H,6-11,16H2,1-5H3,(H,18,20)/t13-/m0/s1. The Bertz CT molecular complexity index is 342. The normalized spacial score (nSPS) is 13.0. The van der Waals surface area contributed by atoms with Gasteiger partial charge in [-0.3, -0.25) is 14.5 Å². The molecular formula is C15H32N4O3. The molecule has 0 aromatic carbocycles. The van der Waals surface area contributed by atoms with Crippen molar-refractivity contribution in [2.24, 2.45) is 5.73 Å². The molecule has 0 aliphatic rings. The van der Waals surface area contributed by atoms with Crippen LogP contribution in [0.25, 0.3) is 0 Å². The minimum atomic E-state index is -0.635. The van der Waals surface area contributed by atoms with Crippen LogP contribution in [0.2, 0.25) is 0 Å². The second-order valence-corrected chi connectivity index (χ2v) is 6.29. The Morgan fingerprint density at radius 2 is 1.91 bits per heavy atom. The molecule has 0 aliphatic heterocycles. The third-order valence-corrected chi connectivity index (χ3v) is 2.85. The molecule has 22 heavy (non-hydrogen) atoms. The van der Waals surface area contributed by atoms with Gasteiger partial charge in [-0.15, -0.1) is 0 Å². The van der Waals surface area contributed by atoms with Crippen LogP contribution < -0.4 is 16.4 Å². The fourth-order valence-corrected chi connectivity index (χ4v) is 1.75. The number of ether oxygens (including phenoxy) is 1. The van der Waals surface area contributed by atoms with Gasteiger partial charge in [-0.05, 0) is 33.7 Å². The van der Waals surface area contributed by atoms with E-state index in [1.54, 1.807) is 0 Å². The fraction of sp³-hybridized carbons (Fsp3) is 0.867. The van der Waals surface area contributed by atoms with Crippen LogP contribution in [0.15, 0.2) is 0 Å². The maximum Gasteiger partial charge on any atom is 0.323 e. The third kappa shape index (κ3) is 11.5. The highest BCUT2D eigenvalue weighted by atomic mass is 16.6. The molecule has 0 heterocycles. The van der Waals surface area contributed by atoms with Gasteiger partial charge < -0.3 is 21.1 Å². The van der Waals surface area contributed by atoms with E-state index in [-0.39, 0.29) is 11.9 Å². The van der Waals surface area contributed by atoms with Gasteiger partial charge in [-0.2, -0.15) is 0 Å². The highest BCUT2D eigenvalue weighted by Gasteiger charge is 2.22. The van der Waals surface area contributed by atoms with Crippen LogP contribution in [0, 0.1) is 0 Å². The summed E-state index contributed by atoms with van der Waals surface area (Å²) in [5, 5.41) is 6.00. The predicted octanol–water partition coefficient (Wildman–Crippen LogP) is 0.0506. The Morgan fingerprint density at radius 1 is 1.27 bits per heavy atom. The Kier molecular flexibility index (Phi) is 9.97. The zero-order chi connectivity index (χ0) is 17.2. The summed E-state index contributed by atoms with van der Waals surface area (Å²) in [4.78, 5) is 24.9. The number of carbonyl (C=O) groups excluding carboxylic acids is 2. The molecule has 7 heteroatoms. The van der Waals surface area contributed by atoms with Crippen LogP contribution in [-0.2, 0) is 14.3 Å². The summed E-state index contributed by atoms with van der Waals surface area (Å²) >= 11 is 0. The summed E-state index contributed by atoms with van der Waals surface area (Å²) in [5.74, 6) is -0.424. The van der Waals surface area contributed by atoms with Gasteiger partial charge in [0.25, 0.3) is 0 Å². The van der Waals surface area contributed by atoms with Gasteiger partial charge in [0, 0.05) is 33.2 Å². The smallest absolute Gasteiger partial charge is 0.323 e. The average molecular weight is 316 g/mol. The number of esters is 1. The Morgan fingerprint density at radius 3 is 2.41 bits per heavy atom. The van der Waals surface area contributed by atoms with Crippen molar-refractivity contribution in [3.05, 3.63) is 0 Å². The molecule has 0 fully saturated rings. The van der Waals surface area contributed by atoms with Crippen LogP contribution in [-0.4, -0.2) is 61.3 Å². The largest absolute Gasteiger partial charge is 0.459 e. The van der Waals surface area contributed by atoms with Crippen molar-refractivity contribution < 1.29 is 14.3 Å². The first kappa shape index (κ1) is 20.8. The molecule has 0 rings (SSSR count). The molecule has 0 bridgehead atoms. The first-order chi connectivity index (χ1) is 10.2. The maximum atomic E-state index is 11.9. The van der Waals surface area contributed by atoms with Gasteiger partial charge in [0.15, 0.2) is 0 Å². The van der Waals surface area contributed by atoms with Crippen molar-refractivity contribution in [1.29, 1.82) is 0 Å². The molecule has 130 valence electrons. The average Bonchev–Trinajstić information content (AvgIpc) is 2.38. The summed E-state index contributed by atoms with van der Waals surface area (Å²) in [6.45, 7) is 12.5. The summed E-state index contributed by atoms with van der Waals surface area (Å²) in [6, 6.07) is -0.635. The van der Waals surface area contributed by atoms with Crippen molar-refractivity contribution in [3.63, 3.8) is 0 Å². The molecule has 4 N–H and O–H groups in total. The van der Waals surface area contributed by atoms with Crippen molar-refractivity contribution in [3.8, 4) is 0 Å². The van der Waals surface area contributed by atoms with Crippen LogP contribution in [0.1, 0.15) is 41.0 Å². The Balaban J connectivity index is 4.23. The van der Waals surface area contributed by atoms with E-state index in [1.807, 2.05) is 27.7 Å². The van der Waals surface area contributed by atoms with E-state index in [1.165, 1.54) is 6.92 Å². The minimum Gasteiger partial charge on any atom is -0.459 e. The van der Waals surface area contributed by atoms with Gasteiger partial charge in [-0.1, -0.05) is 6.92 Å². The van der Waals surface area contributed by atoms with E-state index >= 15 is 0 Å². The molecule has 0 saturated heterocycles. The quantitative estimate of drug-likeness (QED) is 0.389. The number of rotatable bonds is 10. The van der Waals surface area contributed by atoms with Crippen molar-refractivity contribution in [2.75, 3.05) is 32.8 Å². The molecule has 0 radical (unpaired) electrons. The maximum absolute atomic E-state index is 11.9. The van der Waals surface area contributed by atoms with E-state index < -0.39 is 11.6 Å². The van der Waals surface area contributed by atoms with Crippen LogP contribution >= 0.6 is 0 Å². The number of nitrogens with zero attached hydrogens (tertiary/aromatic N) is 1. The van der Waals surface area contributed by atoms with E-state index in [4.69, 9.17) is 10.5 Å². The highest BCUT2D eigenvalue weighted by molar-refractivity contribution is 5.75. The topological polar surface area (TPSA) is 96.7 Å². The molecule has 1 atom stereocenters. The monoisotopic (exact) mass is 316 g/mol. The lowest BCUT2D eigenvalue weighted by atomic mass is 10.1. The number of carbonyl (C=O) groups is 2. The fourth-order valence-electron chi connectivity index (χ4n) is 1.75. The molecular weight excluding hydrogens is 284 g/mol. The SMILES string of the molecule is CCNCN(CCNC(C)=O)CC[C@H](N)C(=O)OC(C)(C)C. The molecule has 0 unspecified atom stereocenters. The number of hydrogen-bond acceptors (Lipinski definition) is 6. The summed E-state index contributed by atoms with van der Waals surface area (Å²) < 4.78 is 5.27. The summed E-state index contributed by atoms with van der Waals surface area (Å²) in [5.41, 5.74) is 5.36. The lowest BCUT2D eigenvalue weighted by Crippen LogP contribution is -2.44. The van der Waals surface area contributed by atoms with E-state index in [0.29, 0.717) is 32.7 Å². The zero-order valence-corrected chi connectivity index (χ0v) is 14.6. The second-order valence-electron chi connectivity index (χ2n) is 6.29. The summed E-state index contributed by atoms with van der Waals surface area (Å²) in [6.07, 6.45) is 0.514. The minimum absolute atomic E-state index is 0.0474. The van der Waals surface area contributed by atoms with Gasteiger partial charge in [0.2, 0.25) is 5.91 Å². The van der Waals surface area contributed by atoms with Gasteiger partial charge >= 0.3 is 5.97 Å². The molecule has 0 saturated carbocycles.